The molecule has 3 N–H and O–H groups in total. The van der Waals surface area contributed by atoms with Crippen LogP contribution in [0.15, 0.2) is 41.8 Å². The fourth-order valence-corrected chi connectivity index (χ4v) is 2.90. The highest BCUT2D eigenvalue weighted by Gasteiger charge is 2.13. The van der Waals surface area contributed by atoms with E-state index in [-0.39, 0.29) is 12.6 Å². The molecule has 0 aliphatic carbocycles. The van der Waals surface area contributed by atoms with Crippen LogP contribution in [0.2, 0.25) is 0 Å². The van der Waals surface area contributed by atoms with Crippen LogP contribution in [0.25, 0.3) is 11.0 Å². The van der Waals surface area contributed by atoms with Crippen LogP contribution in [0.3, 0.4) is 0 Å². The molecule has 1 atom stereocenters. The van der Waals surface area contributed by atoms with Gasteiger partial charge >= 0.3 is 0 Å². The Labute approximate surface area is 115 Å². The summed E-state index contributed by atoms with van der Waals surface area (Å²) in [6.45, 7) is 0.149. The summed E-state index contributed by atoms with van der Waals surface area (Å²) in [5.74, 6) is 0.744. The smallest absolute Gasteiger partial charge is 0.201 e. The predicted octanol–water partition coefficient (Wildman–Crippen LogP) is 3.16. The number of aliphatic hydroxyl groups excluding tert-OH is 1. The highest BCUT2D eigenvalue weighted by Crippen LogP contribution is 2.26. The fourth-order valence-electron chi connectivity index (χ4n) is 2.09. The summed E-state index contributed by atoms with van der Waals surface area (Å²) in [6.07, 6.45) is 0.664. The highest BCUT2D eigenvalue weighted by atomic mass is 32.1. The number of thiophene rings is 1. The molecule has 0 spiro atoms. The molecule has 0 bridgehead atoms. The summed E-state index contributed by atoms with van der Waals surface area (Å²) in [4.78, 5) is 8.95. The summed E-state index contributed by atoms with van der Waals surface area (Å²) in [7, 11) is 0. The van der Waals surface area contributed by atoms with E-state index in [1.165, 1.54) is 4.88 Å². The van der Waals surface area contributed by atoms with Gasteiger partial charge in [0.15, 0.2) is 0 Å². The van der Waals surface area contributed by atoms with Crippen LogP contribution in [0.5, 0.6) is 0 Å². The molecule has 2 heterocycles. The molecule has 0 aliphatic heterocycles. The van der Waals surface area contributed by atoms with Gasteiger partial charge in [0.25, 0.3) is 0 Å². The van der Waals surface area contributed by atoms with Crippen LogP contribution in [-0.4, -0.2) is 21.7 Å². The van der Waals surface area contributed by atoms with Crippen LogP contribution in [0.4, 0.5) is 5.95 Å². The Bertz CT molecular complexity index is 615. The van der Waals surface area contributed by atoms with Gasteiger partial charge in [0.2, 0.25) is 5.95 Å². The minimum atomic E-state index is 0.0885. The molecule has 1 aromatic carbocycles. The van der Waals surface area contributed by atoms with Crippen molar-refractivity contribution in [1.29, 1.82) is 0 Å². The van der Waals surface area contributed by atoms with Crippen molar-refractivity contribution in [2.45, 2.75) is 12.5 Å². The maximum absolute atomic E-state index is 9.19. The van der Waals surface area contributed by atoms with Crippen molar-refractivity contribution in [3.05, 3.63) is 46.7 Å². The Balaban J connectivity index is 1.85. The van der Waals surface area contributed by atoms with Crippen molar-refractivity contribution in [2.75, 3.05) is 11.9 Å². The molecule has 0 saturated heterocycles. The molecule has 3 aromatic rings. The quantitative estimate of drug-likeness (QED) is 0.669. The number of benzene rings is 1. The average Bonchev–Trinajstić information content (AvgIpc) is 3.07. The molecule has 5 heteroatoms. The number of aromatic nitrogens is 2. The van der Waals surface area contributed by atoms with Crippen molar-refractivity contribution in [3.8, 4) is 0 Å². The summed E-state index contributed by atoms with van der Waals surface area (Å²) >= 11 is 1.68. The lowest BCUT2D eigenvalue weighted by atomic mass is 10.2. The second-order valence-electron chi connectivity index (χ2n) is 4.33. The normalized spacial score (nSPS) is 12.7. The number of fused-ring (bicyclic) bond motifs is 1. The number of aromatic amines is 1. The van der Waals surface area contributed by atoms with Crippen molar-refractivity contribution in [1.82, 2.24) is 9.97 Å². The minimum Gasteiger partial charge on any atom is -0.396 e. The molecule has 0 saturated carbocycles. The first-order valence-electron chi connectivity index (χ1n) is 6.22. The van der Waals surface area contributed by atoms with Gasteiger partial charge in [0, 0.05) is 11.5 Å². The fraction of sp³-hybridized carbons (Fsp3) is 0.214. The SMILES string of the molecule is OCCC(Nc1nc2ccccc2[nH]1)c1cccs1. The molecular formula is C14H15N3OS. The van der Waals surface area contributed by atoms with Gasteiger partial charge in [0.1, 0.15) is 0 Å². The van der Waals surface area contributed by atoms with Gasteiger partial charge < -0.3 is 15.4 Å². The van der Waals surface area contributed by atoms with Crippen LogP contribution in [0, 0.1) is 0 Å². The van der Waals surface area contributed by atoms with E-state index in [0.29, 0.717) is 6.42 Å². The van der Waals surface area contributed by atoms with E-state index < -0.39 is 0 Å². The third-order valence-corrected chi connectivity index (χ3v) is 3.99. The molecule has 3 rings (SSSR count). The number of hydrogen-bond acceptors (Lipinski definition) is 4. The van der Waals surface area contributed by atoms with E-state index in [9.17, 15) is 5.11 Å². The Morgan fingerprint density at radius 3 is 2.89 bits per heavy atom. The largest absolute Gasteiger partial charge is 0.396 e. The lowest BCUT2D eigenvalue weighted by Gasteiger charge is -2.15. The first kappa shape index (κ1) is 12.2. The van der Waals surface area contributed by atoms with Crippen molar-refractivity contribution in [3.63, 3.8) is 0 Å². The molecule has 0 radical (unpaired) electrons. The van der Waals surface area contributed by atoms with E-state index in [2.05, 4.69) is 21.4 Å². The van der Waals surface area contributed by atoms with Gasteiger partial charge in [-0.15, -0.1) is 11.3 Å². The number of anilines is 1. The number of hydrogen-bond donors (Lipinski definition) is 3. The van der Waals surface area contributed by atoms with Crippen LogP contribution >= 0.6 is 11.3 Å². The molecule has 0 amide bonds. The van der Waals surface area contributed by atoms with Crippen molar-refractivity contribution >= 4 is 28.3 Å². The monoisotopic (exact) mass is 273 g/mol. The topological polar surface area (TPSA) is 60.9 Å². The lowest BCUT2D eigenvalue weighted by molar-refractivity contribution is 0.280. The predicted molar refractivity (Wildman–Crippen MR) is 78.5 cm³/mol. The van der Waals surface area contributed by atoms with Crippen LogP contribution in [0.1, 0.15) is 17.3 Å². The molecule has 4 nitrogen and oxygen atoms in total. The second kappa shape index (κ2) is 5.42. The number of nitrogens with zero attached hydrogens (tertiary/aromatic N) is 1. The number of aliphatic hydroxyl groups is 1. The number of imidazole rings is 1. The number of H-pyrrole nitrogens is 1. The van der Waals surface area contributed by atoms with Gasteiger partial charge in [-0.25, -0.2) is 4.98 Å². The third kappa shape index (κ3) is 2.62. The maximum atomic E-state index is 9.19. The number of nitrogens with one attached hydrogen (secondary N) is 2. The molecule has 0 aliphatic rings. The van der Waals surface area contributed by atoms with Crippen molar-refractivity contribution < 1.29 is 5.11 Å². The average molecular weight is 273 g/mol. The zero-order valence-corrected chi connectivity index (χ0v) is 11.2. The lowest BCUT2D eigenvalue weighted by Crippen LogP contribution is -2.12. The number of para-hydroxylation sites is 2. The number of rotatable bonds is 5. The van der Waals surface area contributed by atoms with Gasteiger partial charge in [-0.2, -0.15) is 0 Å². The summed E-state index contributed by atoms with van der Waals surface area (Å²) in [5.41, 5.74) is 1.96. The maximum Gasteiger partial charge on any atom is 0.201 e. The first-order valence-corrected chi connectivity index (χ1v) is 7.10. The second-order valence-corrected chi connectivity index (χ2v) is 5.31. The highest BCUT2D eigenvalue weighted by molar-refractivity contribution is 7.10. The minimum absolute atomic E-state index is 0.0885. The summed E-state index contributed by atoms with van der Waals surface area (Å²) < 4.78 is 0. The van der Waals surface area contributed by atoms with E-state index in [0.717, 1.165) is 17.0 Å². The van der Waals surface area contributed by atoms with E-state index >= 15 is 0 Å². The molecular weight excluding hydrogens is 258 g/mol. The van der Waals surface area contributed by atoms with E-state index in [1.54, 1.807) is 11.3 Å². The summed E-state index contributed by atoms with van der Waals surface area (Å²) in [5, 5.41) is 14.6. The molecule has 19 heavy (non-hydrogen) atoms. The molecule has 2 aromatic heterocycles. The summed E-state index contributed by atoms with van der Waals surface area (Å²) in [6, 6.07) is 12.1. The Morgan fingerprint density at radius 1 is 1.26 bits per heavy atom. The zero-order valence-electron chi connectivity index (χ0n) is 10.3. The van der Waals surface area contributed by atoms with Gasteiger partial charge in [-0.3, -0.25) is 0 Å². The van der Waals surface area contributed by atoms with Crippen LogP contribution < -0.4 is 5.32 Å². The van der Waals surface area contributed by atoms with E-state index in [1.807, 2.05) is 35.7 Å². The molecule has 1 unspecified atom stereocenters. The Morgan fingerprint density at radius 2 is 2.16 bits per heavy atom. The van der Waals surface area contributed by atoms with Crippen LogP contribution in [-0.2, 0) is 0 Å². The molecule has 98 valence electrons. The van der Waals surface area contributed by atoms with Gasteiger partial charge in [-0.1, -0.05) is 18.2 Å². The van der Waals surface area contributed by atoms with Gasteiger partial charge in [-0.05, 0) is 30.0 Å². The Kier molecular flexibility index (Phi) is 3.48. The standard InChI is InChI=1S/C14H15N3OS/c18-8-7-12(13-6-3-9-19-13)17-14-15-10-4-1-2-5-11(10)16-14/h1-6,9,12,18H,7-8H2,(H2,15,16,17). The van der Waals surface area contributed by atoms with Gasteiger partial charge in [0.05, 0.1) is 17.1 Å². The third-order valence-electron chi connectivity index (χ3n) is 3.00. The zero-order chi connectivity index (χ0) is 13.1. The first-order chi connectivity index (χ1) is 9.36. The molecule has 0 fully saturated rings. The van der Waals surface area contributed by atoms with E-state index in [4.69, 9.17) is 0 Å². The Hall–Kier alpha value is -1.85. The van der Waals surface area contributed by atoms with Crippen molar-refractivity contribution in [2.24, 2.45) is 0 Å².